The van der Waals surface area contributed by atoms with Crippen LogP contribution in [0.4, 0.5) is 5.69 Å². The summed E-state index contributed by atoms with van der Waals surface area (Å²) in [5, 5.41) is 12.8. The first-order chi connectivity index (χ1) is 9.74. The van der Waals surface area contributed by atoms with E-state index in [0.717, 1.165) is 21.1 Å². The van der Waals surface area contributed by atoms with Gasteiger partial charge in [0, 0.05) is 15.9 Å². The van der Waals surface area contributed by atoms with E-state index in [4.69, 9.17) is 0 Å². The third kappa shape index (κ3) is 2.65. The molecule has 1 heterocycles. The Morgan fingerprint density at radius 3 is 2.80 bits per heavy atom. The fourth-order valence-electron chi connectivity index (χ4n) is 2.21. The smallest absolute Gasteiger partial charge is 0.0950 e. The molecular weight excluding hydrogens is 314 g/mol. The first kappa shape index (κ1) is 13.1. The third-order valence-corrected chi connectivity index (χ3v) is 3.76. The lowest BCUT2D eigenvalue weighted by molar-refractivity contribution is 0.881. The highest BCUT2D eigenvalue weighted by Crippen LogP contribution is 2.26. The van der Waals surface area contributed by atoms with E-state index in [9.17, 15) is 0 Å². The molecule has 1 unspecified atom stereocenters. The minimum Gasteiger partial charge on any atom is -0.377 e. The Bertz CT molecular complexity index is 737. The molecule has 3 nitrogen and oxygen atoms in total. The van der Waals surface area contributed by atoms with E-state index in [1.54, 1.807) is 6.20 Å². The van der Waals surface area contributed by atoms with Gasteiger partial charge in [0.1, 0.15) is 0 Å². The SMILES string of the molecule is CC(Nc1cnnc2ccccc12)c1cccc(Br)c1. The zero-order valence-electron chi connectivity index (χ0n) is 11.0. The van der Waals surface area contributed by atoms with Gasteiger partial charge in [0.25, 0.3) is 0 Å². The van der Waals surface area contributed by atoms with Crippen LogP contribution in [0.2, 0.25) is 0 Å². The number of rotatable bonds is 3. The molecule has 0 aliphatic rings. The van der Waals surface area contributed by atoms with Crippen molar-refractivity contribution in [2.24, 2.45) is 0 Å². The minimum atomic E-state index is 0.195. The number of aromatic nitrogens is 2. The zero-order chi connectivity index (χ0) is 13.9. The number of benzene rings is 2. The Morgan fingerprint density at radius 2 is 1.95 bits per heavy atom. The lowest BCUT2D eigenvalue weighted by atomic mass is 10.1. The van der Waals surface area contributed by atoms with E-state index in [0.29, 0.717) is 0 Å². The van der Waals surface area contributed by atoms with Crippen LogP contribution in [0, 0.1) is 0 Å². The lowest BCUT2D eigenvalue weighted by Gasteiger charge is -2.17. The van der Waals surface area contributed by atoms with Gasteiger partial charge in [-0.2, -0.15) is 10.2 Å². The Kier molecular flexibility index (Phi) is 3.65. The molecule has 0 aliphatic carbocycles. The molecule has 3 aromatic rings. The normalized spacial score (nSPS) is 12.3. The van der Waals surface area contributed by atoms with Crippen molar-refractivity contribution < 1.29 is 0 Å². The number of halogens is 1. The van der Waals surface area contributed by atoms with Crippen molar-refractivity contribution in [1.82, 2.24) is 10.2 Å². The Labute approximate surface area is 126 Å². The van der Waals surface area contributed by atoms with Crippen LogP contribution in [0.3, 0.4) is 0 Å². The lowest BCUT2D eigenvalue weighted by Crippen LogP contribution is -2.07. The van der Waals surface area contributed by atoms with Gasteiger partial charge in [-0.15, -0.1) is 0 Å². The summed E-state index contributed by atoms with van der Waals surface area (Å²) in [5.41, 5.74) is 3.13. The molecule has 1 aromatic heterocycles. The molecule has 20 heavy (non-hydrogen) atoms. The predicted octanol–water partition coefficient (Wildman–Crippen LogP) is 4.57. The first-order valence-electron chi connectivity index (χ1n) is 6.46. The number of nitrogens with zero attached hydrogens (tertiary/aromatic N) is 2. The van der Waals surface area contributed by atoms with Crippen molar-refractivity contribution in [2.45, 2.75) is 13.0 Å². The third-order valence-electron chi connectivity index (χ3n) is 3.27. The largest absolute Gasteiger partial charge is 0.377 e. The topological polar surface area (TPSA) is 37.8 Å². The highest BCUT2D eigenvalue weighted by atomic mass is 79.9. The van der Waals surface area contributed by atoms with Gasteiger partial charge in [0.2, 0.25) is 0 Å². The van der Waals surface area contributed by atoms with E-state index < -0.39 is 0 Å². The molecule has 0 bridgehead atoms. The molecule has 1 N–H and O–H groups in total. The van der Waals surface area contributed by atoms with Gasteiger partial charge in [0.05, 0.1) is 17.4 Å². The molecule has 100 valence electrons. The molecule has 0 amide bonds. The van der Waals surface area contributed by atoms with Crippen molar-refractivity contribution in [3.63, 3.8) is 0 Å². The monoisotopic (exact) mass is 327 g/mol. The Hall–Kier alpha value is -1.94. The van der Waals surface area contributed by atoms with E-state index >= 15 is 0 Å². The van der Waals surface area contributed by atoms with E-state index in [2.05, 4.69) is 56.6 Å². The summed E-state index contributed by atoms with van der Waals surface area (Å²) in [6, 6.07) is 16.5. The zero-order valence-corrected chi connectivity index (χ0v) is 12.6. The minimum absolute atomic E-state index is 0.195. The molecular formula is C16H14BrN3. The van der Waals surface area contributed by atoms with Gasteiger partial charge in [-0.05, 0) is 30.7 Å². The molecule has 0 saturated carbocycles. The van der Waals surface area contributed by atoms with E-state index in [-0.39, 0.29) is 6.04 Å². The molecule has 3 rings (SSSR count). The van der Waals surface area contributed by atoms with Crippen LogP contribution in [-0.2, 0) is 0 Å². The molecule has 0 spiro atoms. The fourth-order valence-corrected chi connectivity index (χ4v) is 2.63. The maximum atomic E-state index is 4.14. The highest BCUT2D eigenvalue weighted by Gasteiger charge is 2.08. The fraction of sp³-hybridized carbons (Fsp3) is 0.125. The second kappa shape index (κ2) is 5.59. The van der Waals surface area contributed by atoms with Crippen LogP contribution in [0.1, 0.15) is 18.5 Å². The van der Waals surface area contributed by atoms with E-state index in [1.807, 2.05) is 30.3 Å². The van der Waals surface area contributed by atoms with Gasteiger partial charge in [-0.25, -0.2) is 0 Å². The molecule has 2 aromatic carbocycles. The van der Waals surface area contributed by atoms with Gasteiger partial charge < -0.3 is 5.32 Å². The summed E-state index contributed by atoms with van der Waals surface area (Å²) in [5.74, 6) is 0. The van der Waals surface area contributed by atoms with Crippen LogP contribution in [-0.4, -0.2) is 10.2 Å². The number of fused-ring (bicyclic) bond motifs is 1. The van der Waals surface area contributed by atoms with Crippen LogP contribution >= 0.6 is 15.9 Å². The van der Waals surface area contributed by atoms with Crippen LogP contribution in [0.25, 0.3) is 10.9 Å². The molecule has 0 fully saturated rings. The maximum absolute atomic E-state index is 4.14. The van der Waals surface area contributed by atoms with Gasteiger partial charge in [-0.3, -0.25) is 0 Å². The second-order valence-electron chi connectivity index (χ2n) is 4.70. The summed E-state index contributed by atoms with van der Waals surface area (Å²) in [7, 11) is 0. The average molecular weight is 328 g/mol. The van der Waals surface area contributed by atoms with Crippen molar-refractivity contribution in [1.29, 1.82) is 0 Å². The van der Waals surface area contributed by atoms with Crippen LogP contribution in [0.5, 0.6) is 0 Å². The van der Waals surface area contributed by atoms with E-state index in [1.165, 1.54) is 5.56 Å². The van der Waals surface area contributed by atoms with Gasteiger partial charge in [0.15, 0.2) is 0 Å². The Morgan fingerprint density at radius 1 is 1.10 bits per heavy atom. The maximum Gasteiger partial charge on any atom is 0.0950 e. The second-order valence-corrected chi connectivity index (χ2v) is 5.61. The number of anilines is 1. The highest BCUT2D eigenvalue weighted by molar-refractivity contribution is 9.10. The summed E-state index contributed by atoms with van der Waals surface area (Å²) >= 11 is 3.51. The van der Waals surface area contributed by atoms with Crippen molar-refractivity contribution >= 4 is 32.5 Å². The van der Waals surface area contributed by atoms with Crippen LogP contribution < -0.4 is 5.32 Å². The van der Waals surface area contributed by atoms with Crippen molar-refractivity contribution in [2.75, 3.05) is 5.32 Å². The molecule has 0 aliphatic heterocycles. The van der Waals surface area contributed by atoms with Gasteiger partial charge in [-0.1, -0.05) is 46.3 Å². The molecule has 0 saturated heterocycles. The molecule has 1 atom stereocenters. The van der Waals surface area contributed by atoms with Gasteiger partial charge >= 0.3 is 0 Å². The standard InChI is InChI=1S/C16H14BrN3/c1-11(12-5-4-6-13(17)9-12)19-16-10-18-20-15-8-3-2-7-14(15)16/h2-11H,1H3,(H,19,20). The summed E-state index contributed by atoms with van der Waals surface area (Å²) in [6.45, 7) is 2.14. The predicted molar refractivity (Wildman–Crippen MR) is 85.7 cm³/mol. The van der Waals surface area contributed by atoms with Crippen molar-refractivity contribution in [3.8, 4) is 0 Å². The molecule has 4 heteroatoms. The molecule has 0 radical (unpaired) electrons. The summed E-state index contributed by atoms with van der Waals surface area (Å²) in [4.78, 5) is 0. The Balaban J connectivity index is 1.93. The summed E-state index contributed by atoms with van der Waals surface area (Å²) in [6.07, 6.45) is 1.77. The van der Waals surface area contributed by atoms with Crippen LogP contribution in [0.15, 0.2) is 59.2 Å². The first-order valence-corrected chi connectivity index (χ1v) is 7.26. The number of hydrogen-bond donors (Lipinski definition) is 1. The quantitative estimate of drug-likeness (QED) is 0.765. The average Bonchev–Trinajstić information content (AvgIpc) is 2.47. The van der Waals surface area contributed by atoms with Crippen molar-refractivity contribution in [3.05, 3.63) is 64.8 Å². The number of hydrogen-bond acceptors (Lipinski definition) is 3. The number of nitrogens with one attached hydrogen (secondary N) is 1. The summed E-state index contributed by atoms with van der Waals surface area (Å²) < 4.78 is 1.08.